The lowest BCUT2D eigenvalue weighted by molar-refractivity contribution is 0.628. The molecular weight excluding hydrogens is 345 g/mol. The van der Waals surface area contributed by atoms with Gasteiger partial charge in [-0.3, -0.25) is 0 Å². The monoisotopic (exact) mass is 357 g/mol. The average Bonchev–Trinajstić information content (AvgIpc) is 2.41. The van der Waals surface area contributed by atoms with Gasteiger partial charge in [-0.25, -0.2) is 0 Å². The molecule has 1 aliphatic rings. The molecule has 2 rings (SSSR count). The van der Waals surface area contributed by atoms with Gasteiger partial charge in [-0.1, -0.05) is 12.1 Å². The van der Waals surface area contributed by atoms with Crippen molar-refractivity contribution in [2.45, 2.75) is 17.2 Å². The number of hydrogen-bond acceptors (Lipinski definition) is 3. The van der Waals surface area contributed by atoms with Crippen LogP contribution in [0.2, 0.25) is 0 Å². The van der Waals surface area contributed by atoms with Crippen LogP contribution in [-0.4, -0.2) is 20.8 Å². The van der Waals surface area contributed by atoms with Gasteiger partial charge in [-0.15, -0.1) is 24.0 Å². The van der Waals surface area contributed by atoms with Crippen LogP contribution < -0.4 is 4.90 Å². The second-order valence-corrected chi connectivity index (χ2v) is 7.20. The van der Waals surface area contributed by atoms with Gasteiger partial charge < -0.3 is 4.90 Å². The Hall–Kier alpha value is -0.0800. The van der Waals surface area contributed by atoms with Crippen LogP contribution in [0, 0.1) is 0 Å². The molecule has 0 fully saturated rings. The molecule has 3 nitrogen and oxygen atoms in total. The molecule has 0 radical (unpaired) electrons. The van der Waals surface area contributed by atoms with E-state index in [0.29, 0.717) is 0 Å². The molecule has 84 valence electrons. The lowest BCUT2D eigenvalue weighted by atomic mass is 10.3. The highest BCUT2D eigenvalue weighted by molar-refractivity contribution is 14.0. The fourth-order valence-electron chi connectivity index (χ4n) is 1.63. The second-order valence-electron chi connectivity index (χ2n) is 3.18. The summed E-state index contributed by atoms with van der Waals surface area (Å²) in [6.07, 6.45) is 0. The fourth-order valence-corrected chi connectivity index (χ4v) is 5.33. The molecule has 0 saturated carbocycles. The van der Waals surface area contributed by atoms with Crippen LogP contribution in [0.25, 0.3) is 0 Å². The van der Waals surface area contributed by atoms with Crippen molar-refractivity contribution in [3.05, 3.63) is 24.3 Å². The summed E-state index contributed by atoms with van der Waals surface area (Å²) < 4.78 is 22.2. The van der Waals surface area contributed by atoms with Crippen molar-refractivity contribution < 1.29 is 8.42 Å². The van der Waals surface area contributed by atoms with Crippen LogP contribution in [0.5, 0.6) is 0 Å². The molecule has 0 bridgehead atoms. The van der Waals surface area contributed by atoms with Crippen molar-refractivity contribution >= 4 is 48.4 Å². The molecule has 2 atom stereocenters. The van der Waals surface area contributed by atoms with Crippen molar-refractivity contribution in [3.63, 3.8) is 0 Å². The van der Waals surface area contributed by atoms with E-state index in [1.54, 1.807) is 0 Å². The minimum atomic E-state index is -2.02. The zero-order chi connectivity index (χ0) is 10.3. The summed E-state index contributed by atoms with van der Waals surface area (Å²) in [4.78, 5) is 2.96. The first-order chi connectivity index (χ1) is 6.63. The number of rotatable bonds is 0. The summed E-state index contributed by atoms with van der Waals surface area (Å²) in [6, 6.07) is 7.68. The summed E-state index contributed by atoms with van der Waals surface area (Å²) in [6.45, 7) is 1.94. The normalized spacial score (nSPS) is 23.2. The first kappa shape index (κ1) is 13.0. The van der Waals surface area contributed by atoms with Gasteiger partial charge in [0.2, 0.25) is 9.26 Å². The van der Waals surface area contributed by atoms with Crippen LogP contribution in [0.1, 0.15) is 6.92 Å². The Morgan fingerprint density at radius 2 is 1.93 bits per heavy atom. The Morgan fingerprint density at radius 1 is 1.33 bits per heavy atom. The van der Waals surface area contributed by atoms with Gasteiger partial charge in [0.05, 0.1) is 11.1 Å². The third kappa shape index (κ3) is 2.07. The van der Waals surface area contributed by atoms with Crippen LogP contribution >= 0.6 is 24.0 Å². The maximum atomic E-state index is 11.1. The first-order valence-electron chi connectivity index (χ1n) is 4.27. The lowest BCUT2D eigenvalue weighted by Gasteiger charge is -2.16. The lowest BCUT2D eigenvalue weighted by Crippen LogP contribution is -2.25. The summed E-state index contributed by atoms with van der Waals surface area (Å²) >= 11 is 0. The summed E-state index contributed by atoms with van der Waals surface area (Å²) in [5, 5.41) is 0.0470. The van der Waals surface area contributed by atoms with E-state index in [-0.39, 0.29) is 29.4 Å². The third-order valence-electron chi connectivity index (χ3n) is 2.46. The summed E-state index contributed by atoms with van der Waals surface area (Å²) in [5.74, 6) is 0. The van der Waals surface area contributed by atoms with Gasteiger partial charge in [-0.05, 0) is 28.5 Å². The third-order valence-corrected chi connectivity index (χ3v) is 6.73. The molecule has 6 heteroatoms. The molecule has 1 aromatic carbocycles. The molecule has 0 spiro atoms. The predicted octanol–water partition coefficient (Wildman–Crippen LogP) is 1.87. The molecule has 2 unspecified atom stereocenters. The summed E-state index contributed by atoms with van der Waals surface area (Å²) in [5.41, 5.74) is 1.03. The molecule has 1 aliphatic heterocycles. The minimum Gasteiger partial charge on any atom is -0.361 e. The number of halogens is 1. The molecule has 0 N–H and O–H groups in total. The maximum absolute atomic E-state index is 11.1. The van der Waals surface area contributed by atoms with E-state index in [2.05, 4.69) is 0 Å². The van der Waals surface area contributed by atoms with E-state index < -0.39 is 18.7 Å². The number of hydrogen-bond donors (Lipinski definition) is 0. The van der Waals surface area contributed by atoms with Crippen molar-refractivity contribution in [3.8, 4) is 0 Å². The van der Waals surface area contributed by atoms with Gasteiger partial charge in [-0.2, -0.15) is 8.42 Å². The number of para-hydroxylation sites is 1. The van der Waals surface area contributed by atoms with E-state index in [0.717, 1.165) is 10.6 Å². The van der Waals surface area contributed by atoms with E-state index >= 15 is 0 Å². The van der Waals surface area contributed by atoms with Crippen molar-refractivity contribution in [2.24, 2.45) is 0 Å². The zero-order valence-corrected chi connectivity index (χ0v) is 12.3. The molecule has 0 aliphatic carbocycles. The molecule has 0 aromatic heterocycles. The Balaban J connectivity index is 0.00000112. The highest BCUT2D eigenvalue weighted by Crippen LogP contribution is 2.34. The Bertz CT molecular complexity index is 505. The van der Waals surface area contributed by atoms with Gasteiger partial charge in [0.1, 0.15) is 0 Å². The molecule has 0 amide bonds. The van der Waals surface area contributed by atoms with Gasteiger partial charge in [0, 0.05) is 11.9 Å². The number of benzene rings is 1. The topological polar surface area (TPSA) is 37.4 Å². The maximum Gasteiger partial charge on any atom is 0.247 e. The van der Waals surface area contributed by atoms with E-state index in [4.69, 9.17) is 0 Å². The smallest absolute Gasteiger partial charge is 0.247 e. The second kappa shape index (κ2) is 4.84. The molecule has 1 heterocycles. The average molecular weight is 357 g/mol. The summed E-state index contributed by atoms with van der Waals surface area (Å²) in [7, 11) is -0.769. The highest BCUT2D eigenvalue weighted by Gasteiger charge is 2.28. The fraction of sp³-hybridized carbons (Fsp3) is 0.333. The minimum absolute atomic E-state index is 0. The standard InChI is InChI=1S/C9H11NO2S2.HI/c1-7-10(2)8-5-3-4-6-9(8)13(7)14(11)12;/h3-7H,1-2H3;1H. The molecule has 15 heavy (non-hydrogen) atoms. The number of anilines is 1. The van der Waals surface area contributed by atoms with E-state index in [9.17, 15) is 8.42 Å². The van der Waals surface area contributed by atoms with Crippen molar-refractivity contribution in [1.29, 1.82) is 0 Å². The zero-order valence-electron chi connectivity index (χ0n) is 8.38. The quantitative estimate of drug-likeness (QED) is 0.666. The van der Waals surface area contributed by atoms with Crippen LogP contribution in [0.4, 0.5) is 5.69 Å². The van der Waals surface area contributed by atoms with E-state index in [1.807, 2.05) is 43.1 Å². The van der Waals surface area contributed by atoms with Crippen molar-refractivity contribution in [2.75, 3.05) is 11.9 Å². The number of fused-ring (bicyclic) bond motifs is 1. The van der Waals surface area contributed by atoms with Gasteiger partial charge in [0.15, 0.2) is 0 Å². The Labute approximate surface area is 110 Å². The first-order valence-corrected chi connectivity index (χ1v) is 7.15. The van der Waals surface area contributed by atoms with Crippen LogP contribution in [0.3, 0.4) is 0 Å². The molecular formula is C9H12INO2S2. The van der Waals surface area contributed by atoms with Crippen LogP contribution in [0.15, 0.2) is 29.2 Å². The molecule has 1 aromatic rings. The Morgan fingerprint density at radius 3 is 2.53 bits per heavy atom. The van der Waals surface area contributed by atoms with Crippen molar-refractivity contribution in [1.82, 2.24) is 0 Å². The van der Waals surface area contributed by atoms with Gasteiger partial charge >= 0.3 is 0 Å². The SMILES string of the molecule is CC1N(C)c2ccccc2S1=S(=O)=O.I. The number of nitrogens with zero attached hydrogens (tertiary/aromatic N) is 1. The van der Waals surface area contributed by atoms with E-state index in [1.165, 1.54) is 0 Å². The predicted molar refractivity (Wildman–Crippen MR) is 74.3 cm³/mol. The molecule has 0 saturated heterocycles. The van der Waals surface area contributed by atoms with Crippen LogP contribution in [-0.2, 0) is 18.7 Å². The van der Waals surface area contributed by atoms with Gasteiger partial charge in [0.25, 0.3) is 0 Å². The Kier molecular flexibility index (Phi) is 4.19. The highest BCUT2D eigenvalue weighted by atomic mass is 127. The largest absolute Gasteiger partial charge is 0.361 e.